The molecular weight excluding hydrogens is 266 g/mol. The zero-order valence-electron chi connectivity index (χ0n) is 12.8. The summed E-state index contributed by atoms with van der Waals surface area (Å²) in [7, 11) is 0. The van der Waals surface area contributed by atoms with E-state index < -0.39 is 0 Å². The SMILES string of the molecule is NC(CC1CCCCC1)C1CCOC2(CCSCC2)C1. The fourth-order valence-electron chi connectivity index (χ4n) is 4.52. The first-order valence-corrected chi connectivity index (χ1v) is 9.90. The maximum atomic E-state index is 6.61. The lowest BCUT2D eigenvalue weighted by atomic mass is 9.75. The van der Waals surface area contributed by atoms with Crippen molar-refractivity contribution in [1.29, 1.82) is 0 Å². The fraction of sp³-hybridized carbons (Fsp3) is 1.00. The molecule has 0 amide bonds. The van der Waals surface area contributed by atoms with E-state index in [0.29, 0.717) is 12.0 Å². The summed E-state index contributed by atoms with van der Waals surface area (Å²) in [5, 5.41) is 0. The summed E-state index contributed by atoms with van der Waals surface area (Å²) in [5.74, 6) is 4.20. The molecule has 0 radical (unpaired) electrons. The molecule has 0 aromatic rings. The van der Waals surface area contributed by atoms with Crippen molar-refractivity contribution >= 4 is 11.8 Å². The van der Waals surface area contributed by atoms with E-state index in [1.807, 2.05) is 0 Å². The Labute approximate surface area is 128 Å². The molecule has 2 atom stereocenters. The van der Waals surface area contributed by atoms with Crippen LogP contribution in [0.2, 0.25) is 0 Å². The van der Waals surface area contributed by atoms with Crippen molar-refractivity contribution in [2.45, 2.75) is 75.9 Å². The predicted octanol–water partition coefficient (Wildman–Crippen LogP) is 3.98. The van der Waals surface area contributed by atoms with Gasteiger partial charge in [0.2, 0.25) is 0 Å². The molecule has 2 aliphatic heterocycles. The van der Waals surface area contributed by atoms with Gasteiger partial charge < -0.3 is 10.5 Å². The van der Waals surface area contributed by atoms with Crippen LogP contribution in [0.1, 0.15) is 64.2 Å². The molecule has 2 heterocycles. The van der Waals surface area contributed by atoms with Crippen molar-refractivity contribution < 1.29 is 4.74 Å². The fourth-order valence-corrected chi connectivity index (χ4v) is 5.76. The van der Waals surface area contributed by atoms with Crippen LogP contribution in [0.15, 0.2) is 0 Å². The zero-order chi connectivity index (χ0) is 13.8. The molecule has 20 heavy (non-hydrogen) atoms. The van der Waals surface area contributed by atoms with Gasteiger partial charge in [0.1, 0.15) is 0 Å². The normalized spacial score (nSPS) is 33.1. The summed E-state index contributed by atoms with van der Waals surface area (Å²) in [4.78, 5) is 0. The molecular formula is C17H31NOS. The van der Waals surface area contributed by atoms with Gasteiger partial charge in [0.15, 0.2) is 0 Å². The Morgan fingerprint density at radius 2 is 1.85 bits per heavy atom. The minimum absolute atomic E-state index is 0.207. The molecule has 3 fully saturated rings. The lowest BCUT2D eigenvalue weighted by Crippen LogP contribution is -2.47. The molecule has 2 N–H and O–H groups in total. The largest absolute Gasteiger partial charge is 0.375 e. The molecule has 1 spiro atoms. The Kier molecular flexibility index (Phi) is 5.33. The van der Waals surface area contributed by atoms with Crippen LogP contribution >= 0.6 is 11.8 Å². The maximum Gasteiger partial charge on any atom is 0.0701 e. The van der Waals surface area contributed by atoms with Gasteiger partial charge in [0, 0.05) is 12.6 Å². The molecule has 3 aliphatic rings. The second kappa shape index (κ2) is 7.02. The maximum absolute atomic E-state index is 6.61. The third kappa shape index (κ3) is 3.72. The van der Waals surface area contributed by atoms with E-state index in [4.69, 9.17) is 10.5 Å². The smallest absolute Gasteiger partial charge is 0.0701 e. The van der Waals surface area contributed by atoms with Gasteiger partial charge >= 0.3 is 0 Å². The van der Waals surface area contributed by atoms with Gasteiger partial charge in [-0.05, 0) is 55.4 Å². The third-order valence-electron chi connectivity index (χ3n) is 5.87. The van der Waals surface area contributed by atoms with E-state index in [9.17, 15) is 0 Å². The Morgan fingerprint density at radius 1 is 1.10 bits per heavy atom. The van der Waals surface area contributed by atoms with Gasteiger partial charge in [-0.25, -0.2) is 0 Å². The summed E-state index contributed by atoms with van der Waals surface area (Å²) < 4.78 is 6.21. The average molecular weight is 298 g/mol. The lowest BCUT2D eigenvalue weighted by Gasteiger charge is -2.45. The predicted molar refractivity (Wildman–Crippen MR) is 87.1 cm³/mol. The molecule has 1 saturated carbocycles. The summed E-state index contributed by atoms with van der Waals surface area (Å²) in [5.41, 5.74) is 6.82. The highest BCUT2D eigenvalue weighted by atomic mass is 32.2. The second-order valence-corrected chi connectivity index (χ2v) is 8.53. The minimum Gasteiger partial charge on any atom is -0.375 e. The van der Waals surface area contributed by atoms with Gasteiger partial charge in [-0.2, -0.15) is 11.8 Å². The van der Waals surface area contributed by atoms with E-state index in [2.05, 4.69) is 11.8 Å². The molecule has 3 rings (SSSR count). The van der Waals surface area contributed by atoms with E-state index >= 15 is 0 Å². The Bertz CT molecular complexity index is 292. The molecule has 3 heteroatoms. The van der Waals surface area contributed by atoms with E-state index in [-0.39, 0.29) is 5.60 Å². The molecule has 2 saturated heterocycles. The highest BCUT2D eigenvalue weighted by Gasteiger charge is 2.40. The van der Waals surface area contributed by atoms with Crippen molar-refractivity contribution in [3.8, 4) is 0 Å². The highest BCUT2D eigenvalue weighted by molar-refractivity contribution is 7.99. The molecule has 0 aromatic carbocycles. The van der Waals surface area contributed by atoms with E-state index in [0.717, 1.165) is 12.5 Å². The number of ether oxygens (including phenoxy) is 1. The molecule has 1 aliphatic carbocycles. The van der Waals surface area contributed by atoms with Crippen LogP contribution in [-0.2, 0) is 4.74 Å². The summed E-state index contributed by atoms with van der Waals surface area (Å²) in [6.45, 7) is 0.952. The van der Waals surface area contributed by atoms with E-state index in [1.165, 1.54) is 75.7 Å². The van der Waals surface area contributed by atoms with Crippen LogP contribution in [0.25, 0.3) is 0 Å². The first-order chi connectivity index (χ1) is 9.77. The summed E-state index contributed by atoms with van der Waals surface area (Å²) in [6, 6.07) is 0.424. The summed E-state index contributed by atoms with van der Waals surface area (Å²) >= 11 is 2.09. The first kappa shape index (κ1) is 15.2. The summed E-state index contributed by atoms with van der Waals surface area (Å²) in [6.07, 6.45) is 13.4. The molecule has 116 valence electrons. The standard InChI is InChI=1S/C17H31NOS/c18-16(12-14-4-2-1-3-5-14)15-6-9-19-17(13-15)7-10-20-11-8-17/h14-16H,1-13,18H2. The lowest BCUT2D eigenvalue weighted by molar-refractivity contribution is -0.106. The molecule has 2 unspecified atom stereocenters. The van der Waals surface area contributed by atoms with Crippen LogP contribution in [0.4, 0.5) is 0 Å². The van der Waals surface area contributed by atoms with Crippen LogP contribution < -0.4 is 5.73 Å². The molecule has 2 nitrogen and oxygen atoms in total. The first-order valence-electron chi connectivity index (χ1n) is 8.75. The number of hydrogen-bond acceptors (Lipinski definition) is 3. The van der Waals surface area contributed by atoms with Crippen molar-refractivity contribution in [3.63, 3.8) is 0 Å². The van der Waals surface area contributed by atoms with Crippen molar-refractivity contribution in [2.75, 3.05) is 18.1 Å². The van der Waals surface area contributed by atoms with Gasteiger partial charge in [-0.1, -0.05) is 32.1 Å². The number of nitrogens with two attached hydrogens (primary N) is 1. The third-order valence-corrected chi connectivity index (χ3v) is 6.86. The van der Waals surface area contributed by atoms with Gasteiger partial charge in [0.25, 0.3) is 0 Å². The van der Waals surface area contributed by atoms with Crippen molar-refractivity contribution in [3.05, 3.63) is 0 Å². The van der Waals surface area contributed by atoms with E-state index in [1.54, 1.807) is 0 Å². The Balaban J connectivity index is 1.52. The monoisotopic (exact) mass is 297 g/mol. The second-order valence-electron chi connectivity index (χ2n) is 7.30. The van der Waals surface area contributed by atoms with Gasteiger partial charge in [-0.3, -0.25) is 0 Å². The van der Waals surface area contributed by atoms with Crippen molar-refractivity contribution in [2.24, 2.45) is 17.6 Å². The molecule has 0 bridgehead atoms. The topological polar surface area (TPSA) is 35.2 Å². The van der Waals surface area contributed by atoms with Gasteiger partial charge in [-0.15, -0.1) is 0 Å². The minimum atomic E-state index is 0.207. The Hall–Kier alpha value is 0.270. The quantitative estimate of drug-likeness (QED) is 0.856. The van der Waals surface area contributed by atoms with Gasteiger partial charge in [0.05, 0.1) is 5.60 Å². The Morgan fingerprint density at radius 3 is 2.60 bits per heavy atom. The van der Waals surface area contributed by atoms with Crippen LogP contribution in [0.3, 0.4) is 0 Å². The molecule has 0 aromatic heterocycles. The number of thioether (sulfide) groups is 1. The number of hydrogen-bond donors (Lipinski definition) is 1. The van der Waals surface area contributed by atoms with Crippen molar-refractivity contribution in [1.82, 2.24) is 0 Å². The van der Waals surface area contributed by atoms with Crippen LogP contribution in [-0.4, -0.2) is 29.8 Å². The highest BCUT2D eigenvalue weighted by Crippen LogP contribution is 2.41. The zero-order valence-corrected chi connectivity index (χ0v) is 13.6. The van der Waals surface area contributed by atoms with Crippen LogP contribution in [0, 0.1) is 11.8 Å². The van der Waals surface area contributed by atoms with Crippen LogP contribution in [0.5, 0.6) is 0 Å². The average Bonchev–Trinajstić information content (AvgIpc) is 2.49. The number of rotatable bonds is 3.